The highest BCUT2D eigenvalue weighted by molar-refractivity contribution is 6.35. The third-order valence-corrected chi connectivity index (χ3v) is 4.75. The molecule has 1 aliphatic rings. The van der Waals surface area contributed by atoms with Crippen molar-refractivity contribution in [1.29, 1.82) is 0 Å². The van der Waals surface area contributed by atoms with Gasteiger partial charge in [0, 0.05) is 34.2 Å². The van der Waals surface area contributed by atoms with Gasteiger partial charge in [-0.25, -0.2) is 4.99 Å². The predicted molar refractivity (Wildman–Crippen MR) is 100 cm³/mol. The van der Waals surface area contributed by atoms with Gasteiger partial charge in [0.15, 0.2) is 0 Å². The Kier molecular flexibility index (Phi) is 5.80. The smallest absolute Gasteiger partial charge is 0.215 e. The van der Waals surface area contributed by atoms with Crippen LogP contribution in [0.4, 0.5) is 0 Å². The molecule has 1 unspecified atom stereocenters. The van der Waals surface area contributed by atoms with Crippen molar-refractivity contribution >= 4 is 41.0 Å². The zero-order chi connectivity index (χ0) is 17.0. The van der Waals surface area contributed by atoms with E-state index in [0.29, 0.717) is 34.6 Å². The molecule has 24 heavy (non-hydrogen) atoms. The third kappa shape index (κ3) is 4.50. The maximum atomic E-state index is 6.25. The molecule has 0 bridgehead atoms. The Morgan fingerprint density at radius 3 is 2.46 bits per heavy atom. The van der Waals surface area contributed by atoms with Crippen molar-refractivity contribution in [3.8, 4) is 0 Å². The molecule has 1 heterocycles. The van der Waals surface area contributed by atoms with E-state index in [9.17, 15) is 0 Å². The Morgan fingerprint density at radius 1 is 1.04 bits per heavy atom. The number of rotatable bonds is 6. The summed E-state index contributed by atoms with van der Waals surface area (Å²) in [6, 6.07) is 13.1. The largest absolute Gasteiger partial charge is 0.336 e. The molecule has 0 aromatic heterocycles. The molecular weight excluding hydrogens is 367 g/mol. The van der Waals surface area contributed by atoms with E-state index in [2.05, 4.69) is 10.3 Å². The summed E-state index contributed by atoms with van der Waals surface area (Å²) in [6.45, 7) is 1.14. The summed E-state index contributed by atoms with van der Waals surface area (Å²) in [6.07, 6.45) is 3.25. The Bertz CT molecular complexity index is 734. The maximum Gasteiger partial charge on any atom is 0.215 e. The number of aryl methyl sites for hydroxylation is 1. The molecule has 6 heteroatoms. The summed E-state index contributed by atoms with van der Waals surface area (Å²) in [7, 11) is 0. The van der Waals surface area contributed by atoms with E-state index in [4.69, 9.17) is 39.5 Å². The highest BCUT2D eigenvalue weighted by atomic mass is 35.5. The molecule has 0 aliphatic carbocycles. The van der Waals surface area contributed by atoms with E-state index in [1.807, 2.05) is 42.6 Å². The van der Waals surface area contributed by atoms with Gasteiger partial charge in [-0.1, -0.05) is 53.0 Å². The van der Waals surface area contributed by atoms with Gasteiger partial charge in [0.25, 0.3) is 0 Å². The summed E-state index contributed by atoms with van der Waals surface area (Å²) in [5.74, 6) is -0.720. The number of benzene rings is 2. The summed E-state index contributed by atoms with van der Waals surface area (Å²) in [5, 5.41) is 5.32. The molecule has 0 radical (unpaired) electrons. The SMILES string of the molecule is Clc1ccc(COC2(CCc3ccc(Cl)cc3Cl)N=CCN2)cc1. The van der Waals surface area contributed by atoms with E-state index in [-0.39, 0.29) is 0 Å². The lowest BCUT2D eigenvalue weighted by molar-refractivity contribution is -0.0716. The lowest BCUT2D eigenvalue weighted by Gasteiger charge is -2.27. The van der Waals surface area contributed by atoms with Gasteiger partial charge in [0.2, 0.25) is 5.85 Å². The minimum Gasteiger partial charge on any atom is -0.336 e. The lowest BCUT2D eigenvalue weighted by Crippen LogP contribution is -2.42. The number of hydrogen-bond acceptors (Lipinski definition) is 3. The Morgan fingerprint density at radius 2 is 1.79 bits per heavy atom. The first-order valence-electron chi connectivity index (χ1n) is 7.67. The van der Waals surface area contributed by atoms with E-state index in [1.165, 1.54) is 0 Å². The number of nitrogens with zero attached hydrogens (tertiary/aromatic N) is 1. The fraction of sp³-hybridized carbons (Fsp3) is 0.278. The molecule has 0 spiro atoms. The van der Waals surface area contributed by atoms with Crippen LogP contribution in [0.3, 0.4) is 0 Å². The fourth-order valence-corrected chi connectivity index (χ4v) is 3.20. The molecule has 2 aromatic carbocycles. The van der Waals surface area contributed by atoms with Gasteiger partial charge >= 0.3 is 0 Å². The third-order valence-electron chi connectivity index (χ3n) is 3.91. The average Bonchev–Trinajstić information content (AvgIpc) is 3.03. The first-order chi connectivity index (χ1) is 11.6. The molecule has 0 saturated heterocycles. The fourth-order valence-electron chi connectivity index (χ4n) is 2.57. The molecule has 0 saturated carbocycles. The van der Waals surface area contributed by atoms with Gasteiger partial charge in [-0.15, -0.1) is 0 Å². The van der Waals surface area contributed by atoms with Crippen LogP contribution in [0.5, 0.6) is 0 Å². The zero-order valence-corrected chi connectivity index (χ0v) is 15.2. The zero-order valence-electron chi connectivity index (χ0n) is 12.9. The first kappa shape index (κ1) is 17.7. The van der Waals surface area contributed by atoms with Gasteiger partial charge in [-0.2, -0.15) is 0 Å². The Balaban J connectivity index is 1.65. The van der Waals surface area contributed by atoms with E-state index >= 15 is 0 Å². The van der Waals surface area contributed by atoms with E-state index in [0.717, 1.165) is 17.5 Å². The molecule has 1 atom stereocenters. The molecule has 3 rings (SSSR count). The van der Waals surface area contributed by atoms with E-state index in [1.54, 1.807) is 6.07 Å². The number of aliphatic imine (C=N–C) groups is 1. The summed E-state index contributed by atoms with van der Waals surface area (Å²) >= 11 is 18.1. The number of halogens is 3. The highest BCUT2D eigenvalue weighted by Gasteiger charge is 2.32. The van der Waals surface area contributed by atoms with Crippen molar-refractivity contribution in [3.63, 3.8) is 0 Å². The quantitative estimate of drug-likeness (QED) is 0.750. The number of ether oxygens (including phenoxy) is 1. The highest BCUT2D eigenvalue weighted by Crippen LogP contribution is 2.27. The van der Waals surface area contributed by atoms with Crippen molar-refractivity contribution in [2.75, 3.05) is 6.54 Å². The molecule has 2 aromatic rings. The van der Waals surface area contributed by atoms with Crippen LogP contribution in [-0.2, 0) is 17.8 Å². The second kappa shape index (κ2) is 7.85. The van der Waals surface area contributed by atoms with Gasteiger partial charge in [-0.3, -0.25) is 5.32 Å². The predicted octanol–water partition coefficient (Wildman–Crippen LogP) is 5.12. The lowest BCUT2D eigenvalue weighted by atomic mass is 10.1. The molecule has 126 valence electrons. The minimum atomic E-state index is -0.720. The Labute approximate surface area is 156 Å². The van der Waals surface area contributed by atoms with E-state index < -0.39 is 5.85 Å². The van der Waals surface area contributed by atoms with Crippen LogP contribution in [-0.4, -0.2) is 18.6 Å². The Hall–Kier alpha value is -1.10. The minimum absolute atomic E-state index is 0.454. The van der Waals surface area contributed by atoms with Crippen LogP contribution < -0.4 is 5.32 Å². The average molecular weight is 384 g/mol. The van der Waals surface area contributed by atoms with Gasteiger partial charge in [0.05, 0.1) is 6.61 Å². The van der Waals surface area contributed by atoms with Gasteiger partial charge in [-0.05, 0) is 41.8 Å². The van der Waals surface area contributed by atoms with Crippen LogP contribution in [0.1, 0.15) is 17.5 Å². The molecule has 3 nitrogen and oxygen atoms in total. The monoisotopic (exact) mass is 382 g/mol. The van der Waals surface area contributed by atoms with Crippen molar-refractivity contribution in [1.82, 2.24) is 5.32 Å². The second-order valence-corrected chi connectivity index (χ2v) is 6.91. The van der Waals surface area contributed by atoms with Crippen LogP contribution >= 0.6 is 34.8 Å². The van der Waals surface area contributed by atoms with Crippen molar-refractivity contribution < 1.29 is 4.74 Å². The van der Waals surface area contributed by atoms with Crippen molar-refractivity contribution in [3.05, 3.63) is 68.7 Å². The number of hydrogen-bond donors (Lipinski definition) is 1. The van der Waals surface area contributed by atoms with Crippen molar-refractivity contribution in [2.45, 2.75) is 25.3 Å². The molecule has 1 aliphatic heterocycles. The topological polar surface area (TPSA) is 33.6 Å². The van der Waals surface area contributed by atoms with Crippen LogP contribution in [0, 0.1) is 0 Å². The molecule has 0 amide bonds. The van der Waals surface area contributed by atoms with Crippen molar-refractivity contribution in [2.24, 2.45) is 4.99 Å². The molecule has 1 N–H and O–H groups in total. The summed E-state index contributed by atoms with van der Waals surface area (Å²) in [4.78, 5) is 4.51. The second-order valence-electron chi connectivity index (χ2n) is 5.63. The summed E-state index contributed by atoms with van der Waals surface area (Å²) < 4.78 is 6.08. The summed E-state index contributed by atoms with van der Waals surface area (Å²) in [5.41, 5.74) is 2.08. The van der Waals surface area contributed by atoms with Gasteiger partial charge in [0.1, 0.15) is 0 Å². The maximum absolute atomic E-state index is 6.25. The molecular formula is C18H17Cl3N2O. The number of nitrogens with one attached hydrogen (secondary N) is 1. The standard InChI is InChI=1S/C18H17Cl3N2O/c19-15-4-1-13(2-5-15)12-24-18(22-9-10-23-18)8-7-14-3-6-16(20)11-17(14)21/h1-6,9,11,23H,7-8,10,12H2. The van der Waals surface area contributed by atoms with Crippen LogP contribution in [0.25, 0.3) is 0 Å². The first-order valence-corrected chi connectivity index (χ1v) is 8.81. The molecule has 0 fully saturated rings. The normalized spacial score (nSPS) is 19.8. The van der Waals surface area contributed by atoms with Crippen LogP contribution in [0.2, 0.25) is 15.1 Å². The van der Waals surface area contributed by atoms with Crippen LogP contribution in [0.15, 0.2) is 47.5 Å². The van der Waals surface area contributed by atoms with Gasteiger partial charge < -0.3 is 4.74 Å².